The second kappa shape index (κ2) is 9.00. The number of hydrogen-bond acceptors (Lipinski definition) is 7. The maximum atomic E-state index is 12.7. The molecular formula is C21H29N5O3. The Morgan fingerprint density at radius 2 is 2.10 bits per heavy atom. The minimum atomic E-state index is 0.192. The SMILES string of the molecule is CCc1ncc(-c2cc(C)no2)c([C@@H]2CCCN(CC(=O)N3CCOCC3)C2)n1. The molecule has 2 aromatic rings. The standard InChI is InChI=1S/C21H29N5O3/c1-3-19-22-12-17(18-11-15(2)24-29-18)21(23-19)16-5-4-6-25(13-16)14-20(27)26-7-9-28-10-8-26/h11-12,16H,3-10,13-14H2,1-2H3/t16-/m1/s1. The highest BCUT2D eigenvalue weighted by Crippen LogP contribution is 2.33. The average Bonchev–Trinajstić information content (AvgIpc) is 3.20. The minimum absolute atomic E-state index is 0.192. The van der Waals surface area contributed by atoms with E-state index < -0.39 is 0 Å². The van der Waals surface area contributed by atoms with Crippen molar-refractivity contribution < 1.29 is 14.1 Å². The Balaban J connectivity index is 1.52. The molecule has 8 heteroatoms. The van der Waals surface area contributed by atoms with Crippen LogP contribution < -0.4 is 0 Å². The number of piperidine rings is 1. The number of morpholine rings is 1. The molecule has 2 aliphatic heterocycles. The number of aryl methyl sites for hydroxylation is 2. The Morgan fingerprint density at radius 1 is 1.28 bits per heavy atom. The van der Waals surface area contributed by atoms with Crippen molar-refractivity contribution in [1.29, 1.82) is 0 Å². The van der Waals surface area contributed by atoms with Crippen molar-refractivity contribution in [1.82, 2.24) is 24.9 Å². The average molecular weight is 399 g/mol. The van der Waals surface area contributed by atoms with Gasteiger partial charge >= 0.3 is 0 Å². The van der Waals surface area contributed by atoms with Crippen LogP contribution in [0.5, 0.6) is 0 Å². The highest BCUT2D eigenvalue weighted by Gasteiger charge is 2.29. The third-order valence-corrected chi connectivity index (χ3v) is 5.69. The van der Waals surface area contributed by atoms with Gasteiger partial charge in [0, 0.05) is 44.2 Å². The predicted molar refractivity (Wildman–Crippen MR) is 107 cm³/mol. The Labute approximate surface area is 171 Å². The van der Waals surface area contributed by atoms with E-state index in [0.717, 1.165) is 55.1 Å². The van der Waals surface area contributed by atoms with Crippen molar-refractivity contribution in [2.24, 2.45) is 0 Å². The summed E-state index contributed by atoms with van der Waals surface area (Å²) in [6.45, 7) is 8.83. The lowest BCUT2D eigenvalue weighted by Gasteiger charge is -2.35. The first-order chi connectivity index (χ1) is 14.1. The molecule has 0 aliphatic carbocycles. The summed E-state index contributed by atoms with van der Waals surface area (Å²) >= 11 is 0. The monoisotopic (exact) mass is 399 g/mol. The molecular weight excluding hydrogens is 370 g/mol. The van der Waals surface area contributed by atoms with Crippen molar-refractivity contribution in [2.75, 3.05) is 45.9 Å². The van der Waals surface area contributed by atoms with Gasteiger partial charge in [0.05, 0.1) is 36.7 Å². The summed E-state index contributed by atoms with van der Waals surface area (Å²) < 4.78 is 10.9. The number of amides is 1. The fourth-order valence-corrected chi connectivity index (χ4v) is 4.12. The van der Waals surface area contributed by atoms with E-state index in [2.05, 4.69) is 22.0 Å². The molecule has 0 N–H and O–H groups in total. The van der Waals surface area contributed by atoms with Gasteiger partial charge in [-0.25, -0.2) is 9.97 Å². The van der Waals surface area contributed by atoms with E-state index in [4.69, 9.17) is 14.2 Å². The van der Waals surface area contributed by atoms with E-state index in [0.29, 0.717) is 38.6 Å². The first kappa shape index (κ1) is 20.0. The predicted octanol–water partition coefficient (Wildman–Crippen LogP) is 2.04. The molecule has 2 fully saturated rings. The molecule has 2 aliphatic rings. The molecule has 0 radical (unpaired) electrons. The quantitative estimate of drug-likeness (QED) is 0.761. The summed E-state index contributed by atoms with van der Waals surface area (Å²) in [4.78, 5) is 26.2. The number of aromatic nitrogens is 3. The van der Waals surface area contributed by atoms with Crippen LogP contribution >= 0.6 is 0 Å². The van der Waals surface area contributed by atoms with E-state index in [-0.39, 0.29) is 11.8 Å². The Hall–Kier alpha value is -2.32. The second-order valence-electron chi connectivity index (χ2n) is 7.84. The van der Waals surface area contributed by atoms with Crippen molar-refractivity contribution in [3.63, 3.8) is 0 Å². The van der Waals surface area contributed by atoms with Gasteiger partial charge in [0.25, 0.3) is 0 Å². The zero-order chi connectivity index (χ0) is 20.2. The van der Waals surface area contributed by atoms with Gasteiger partial charge in [-0.2, -0.15) is 0 Å². The Bertz CT molecular complexity index is 847. The fraction of sp³-hybridized carbons (Fsp3) is 0.619. The molecule has 1 atom stereocenters. The van der Waals surface area contributed by atoms with Gasteiger partial charge < -0.3 is 14.2 Å². The van der Waals surface area contributed by atoms with Crippen LogP contribution in [-0.2, 0) is 16.0 Å². The van der Waals surface area contributed by atoms with Crippen LogP contribution in [0.3, 0.4) is 0 Å². The molecule has 156 valence electrons. The molecule has 0 unspecified atom stereocenters. The number of nitrogens with zero attached hydrogens (tertiary/aromatic N) is 5. The van der Waals surface area contributed by atoms with Crippen LogP contribution in [0.1, 0.15) is 42.9 Å². The Morgan fingerprint density at radius 3 is 2.83 bits per heavy atom. The molecule has 8 nitrogen and oxygen atoms in total. The largest absolute Gasteiger partial charge is 0.378 e. The lowest BCUT2D eigenvalue weighted by molar-refractivity contribution is -0.136. The smallest absolute Gasteiger partial charge is 0.236 e. The van der Waals surface area contributed by atoms with Crippen LogP contribution in [0.25, 0.3) is 11.3 Å². The van der Waals surface area contributed by atoms with Gasteiger partial charge in [0.15, 0.2) is 5.76 Å². The van der Waals surface area contributed by atoms with Gasteiger partial charge in [0.1, 0.15) is 5.82 Å². The van der Waals surface area contributed by atoms with Gasteiger partial charge in [-0.3, -0.25) is 9.69 Å². The fourth-order valence-electron chi connectivity index (χ4n) is 4.12. The molecule has 0 saturated carbocycles. The molecule has 4 heterocycles. The number of ether oxygens (including phenoxy) is 1. The van der Waals surface area contributed by atoms with Crippen LogP contribution in [0.15, 0.2) is 16.8 Å². The van der Waals surface area contributed by atoms with Gasteiger partial charge in [-0.05, 0) is 26.3 Å². The van der Waals surface area contributed by atoms with E-state index in [1.165, 1.54) is 0 Å². The zero-order valence-corrected chi connectivity index (χ0v) is 17.3. The van der Waals surface area contributed by atoms with Gasteiger partial charge in [0.2, 0.25) is 5.91 Å². The van der Waals surface area contributed by atoms with E-state index in [9.17, 15) is 4.79 Å². The molecule has 0 spiro atoms. The van der Waals surface area contributed by atoms with Gasteiger partial charge in [-0.15, -0.1) is 0 Å². The molecule has 1 amide bonds. The minimum Gasteiger partial charge on any atom is -0.378 e. The number of likely N-dealkylation sites (tertiary alicyclic amines) is 1. The Kier molecular flexibility index (Phi) is 6.20. The summed E-state index contributed by atoms with van der Waals surface area (Å²) in [5.41, 5.74) is 2.76. The third-order valence-electron chi connectivity index (χ3n) is 5.69. The summed E-state index contributed by atoms with van der Waals surface area (Å²) in [6.07, 6.45) is 4.73. The molecule has 0 bridgehead atoms. The maximum absolute atomic E-state index is 12.7. The number of carbonyl (C=O) groups excluding carboxylic acids is 1. The number of hydrogen-bond donors (Lipinski definition) is 0. The van der Waals surface area contributed by atoms with Crippen molar-refractivity contribution in [3.8, 4) is 11.3 Å². The zero-order valence-electron chi connectivity index (χ0n) is 17.3. The molecule has 29 heavy (non-hydrogen) atoms. The summed E-state index contributed by atoms with van der Waals surface area (Å²) in [5.74, 6) is 1.98. The topological polar surface area (TPSA) is 84.6 Å². The van der Waals surface area contributed by atoms with Crippen molar-refractivity contribution >= 4 is 5.91 Å². The summed E-state index contributed by atoms with van der Waals surface area (Å²) in [6, 6.07) is 1.93. The normalized spacial score (nSPS) is 20.8. The molecule has 0 aromatic carbocycles. The number of carbonyl (C=O) groups is 1. The second-order valence-corrected chi connectivity index (χ2v) is 7.84. The van der Waals surface area contributed by atoms with Gasteiger partial charge in [-0.1, -0.05) is 12.1 Å². The first-order valence-electron chi connectivity index (χ1n) is 10.5. The number of rotatable bonds is 5. The van der Waals surface area contributed by atoms with Crippen molar-refractivity contribution in [2.45, 2.75) is 39.0 Å². The van der Waals surface area contributed by atoms with Crippen molar-refractivity contribution in [3.05, 3.63) is 29.5 Å². The van der Waals surface area contributed by atoms with Crippen LogP contribution in [0.2, 0.25) is 0 Å². The van der Waals surface area contributed by atoms with E-state index in [1.54, 1.807) is 0 Å². The van der Waals surface area contributed by atoms with Crippen LogP contribution in [0, 0.1) is 6.92 Å². The lowest BCUT2D eigenvalue weighted by Crippen LogP contribution is -2.47. The summed E-state index contributed by atoms with van der Waals surface area (Å²) in [5, 5.41) is 4.03. The maximum Gasteiger partial charge on any atom is 0.236 e. The van der Waals surface area contributed by atoms with Crippen LogP contribution in [-0.4, -0.2) is 76.8 Å². The van der Waals surface area contributed by atoms with E-state index in [1.807, 2.05) is 24.1 Å². The highest BCUT2D eigenvalue weighted by molar-refractivity contribution is 5.78. The van der Waals surface area contributed by atoms with E-state index >= 15 is 0 Å². The lowest BCUT2D eigenvalue weighted by atomic mass is 9.91. The third kappa shape index (κ3) is 4.64. The summed E-state index contributed by atoms with van der Waals surface area (Å²) in [7, 11) is 0. The molecule has 2 saturated heterocycles. The van der Waals surface area contributed by atoms with Crippen LogP contribution in [0.4, 0.5) is 0 Å². The molecule has 2 aromatic heterocycles. The first-order valence-corrected chi connectivity index (χ1v) is 10.5. The highest BCUT2D eigenvalue weighted by atomic mass is 16.5. The molecule has 4 rings (SSSR count).